The third kappa shape index (κ3) is 2.42. The summed E-state index contributed by atoms with van der Waals surface area (Å²) in [5.41, 5.74) is 1.49. The maximum Gasteiger partial charge on any atom is 0.243 e. The van der Waals surface area contributed by atoms with Crippen molar-refractivity contribution in [3.8, 4) is 0 Å². The number of anilines is 2. The number of hydrogen-bond acceptors (Lipinski definition) is 4. The Morgan fingerprint density at radius 2 is 2.16 bits per heavy atom. The molecule has 19 heavy (non-hydrogen) atoms. The third-order valence-electron chi connectivity index (χ3n) is 3.51. The van der Waals surface area contributed by atoms with Gasteiger partial charge in [0.25, 0.3) is 0 Å². The number of nitrogens with zero attached hydrogens (tertiary/aromatic N) is 1. The van der Waals surface area contributed by atoms with Gasteiger partial charge in [0.2, 0.25) is 5.91 Å². The first-order valence-electron chi connectivity index (χ1n) is 6.01. The van der Waals surface area contributed by atoms with Crippen molar-refractivity contribution >= 4 is 38.7 Å². The van der Waals surface area contributed by atoms with Gasteiger partial charge in [0.1, 0.15) is 0 Å². The fourth-order valence-corrected chi connectivity index (χ4v) is 4.54. The summed E-state index contributed by atoms with van der Waals surface area (Å²) in [6.07, 6.45) is 0.567. The zero-order chi connectivity index (χ0) is 13.6. The second-order valence-electron chi connectivity index (χ2n) is 4.89. The van der Waals surface area contributed by atoms with E-state index in [9.17, 15) is 13.2 Å². The largest absolute Gasteiger partial charge is 0.356 e. The summed E-state index contributed by atoms with van der Waals surface area (Å²) in [4.78, 5) is 13.6. The molecule has 0 saturated carbocycles. The van der Waals surface area contributed by atoms with Crippen LogP contribution in [0.2, 0.25) is 5.02 Å². The first-order valence-corrected chi connectivity index (χ1v) is 8.21. The second-order valence-corrected chi connectivity index (χ2v) is 7.56. The van der Waals surface area contributed by atoms with Crippen LogP contribution >= 0.6 is 11.6 Å². The van der Waals surface area contributed by atoms with Crippen LogP contribution in [0, 0.1) is 0 Å². The quantitative estimate of drug-likeness (QED) is 0.848. The van der Waals surface area contributed by atoms with Gasteiger partial charge in [-0.15, -0.1) is 0 Å². The molecule has 1 unspecified atom stereocenters. The van der Waals surface area contributed by atoms with E-state index in [0.29, 0.717) is 17.1 Å². The lowest BCUT2D eigenvalue weighted by Crippen LogP contribution is -2.45. The Kier molecular flexibility index (Phi) is 2.94. The Bertz CT molecular complexity index is 644. The Hall–Kier alpha value is -1.27. The summed E-state index contributed by atoms with van der Waals surface area (Å²) in [7, 11) is -2.97. The van der Waals surface area contributed by atoms with Gasteiger partial charge < -0.3 is 10.2 Å². The van der Waals surface area contributed by atoms with Crippen LogP contribution in [0.15, 0.2) is 18.2 Å². The number of benzene rings is 1. The van der Waals surface area contributed by atoms with Crippen LogP contribution < -0.4 is 10.2 Å². The van der Waals surface area contributed by atoms with Crippen LogP contribution in [0.1, 0.15) is 6.42 Å². The molecule has 0 radical (unpaired) electrons. The zero-order valence-electron chi connectivity index (χ0n) is 10.1. The van der Waals surface area contributed by atoms with Crippen molar-refractivity contribution in [1.29, 1.82) is 0 Å². The zero-order valence-corrected chi connectivity index (χ0v) is 11.7. The minimum absolute atomic E-state index is 0.113. The number of nitrogens with one attached hydrogen (secondary N) is 1. The van der Waals surface area contributed by atoms with E-state index >= 15 is 0 Å². The lowest BCUT2D eigenvalue weighted by Gasteiger charge is -2.35. The molecule has 7 heteroatoms. The van der Waals surface area contributed by atoms with Crippen molar-refractivity contribution in [2.45, 2.75) is 12.5 Å². The van der Waals surface area contributed by atoms with Gasteiger partial charge in [0.05, 0.1) is 29.4 Å². The van der Waals surface area contributed by atoms with Crippen molar-refractivity contribution < 1.29 is 13.2 Å². The molecule has 1 aromatic carbocycles. The first kappa shape index (κ1) is 12.7. The molecule has 0 aromatic heterocycles. The highest BCUT2D eigenvalue weighted by atomic mass is 35.5. The summed E-state index contributed by atoms with van der Waals surface area (Å²) in [5.74, 6) is 0.167. The summed E-state index contributed by atoms with van der Waals surface area (Å²) >= 11 is 5.91. The van der Waals surface area contributed by atoms with Crippen molar-refractivity contribution in [2.75, 3.05) is 28.3 Å². The molecule has 1 saturated heterocycles. The van der Waals surface area contributed by atoms with Gasteiger partial charge in [0.15, 0.2) is 9.84 Å². The number of halogens is 1. The van der Waals surface area contributed by atoms with E-state index in [-0.39, 0.29) is 30.0 Å². The van der Waals surface area contributed by atoms with E-state index in [1.807, 2.05) is 11.0 Å². The summed E-state index contributed by atoms with van der Waals surface area (Å²) in [5, 5.41) is 3.30. The second kappa shape index (κ2) is 4.38. The number of sulfone groups is 1. The molecule has 0 aliphatic carbocycles. The lowest BCUT2D eigenvalue weighted by atomic mass is 10.1. The van der Waals surface area contributed by atoms with E-state index in [4.69, 9.17) is 11.6 Å². The van der Waals surface area contributed by atoms with Crippen LogP contribution in [-0.2, 0) is 14.6 Å². The van der Waals surface area contributed by atoms with Crippen LogP contribution in [-0.4, -0.2) is 38.4 Å². The minimum Gasteiger partial charge on any atom is -0.356 e. The van der Waals surface area contributed by atoms with Crippen molar-refractivity contribution in [3.63, 3.8) is 0 Å². The molecule has 1 aromatic rings. The Morgan fingerprint density at radius 3 is 2.84 bits per heavy atom. The highest BCUT2D eigenvalue weighted by molar-refractivity contribution is 7.91. The van der Waals surface area contributed by atoms with Crippen molar-refractivity contribution in [3.05, 3.63) is 23.2 Å². The van der Waals surface area contributed by atoms with E-state index in [0.717, 1.165) is 5.69 Å². The fourth-order valence-electron chi connectivity index (χ4n) is 2.64. The minimum atomic E-state index is -2.97. The van der Waals surface area contributed by atoms with Crippen molar-refractivity contribution in [2.24, 2.45) is 0 Å². The highest BCUT2D eigenvalue weighted by Crippen LogP contribution is 2.35. The van der Waals surface area contributed by atoms with Crippen LogP contribution in [0.4, 0.5) is 11.4 Å². The number of carbonyl (C=O) groups is 1. The normalized spacial score (nSPS) is 25.0. The average Bonchev–Trinajstić information content (AvgIpc) is 2.68. The monoisotopic (exact) mass is 300 g/mol. The van der Waals surface area contributed by atoms with Gasteiger partial charge in [-0.05, 0) is 24.6 Å². The van der Waals surface area contributed by atoms with Gasteiger partial charge in [0, 0.05) is 11.1 Å². The number of amides is 1. The molecule has 1 N–H and O–H groups in total. The molecule has 2 aliphatic rings. The van der Waals surface area contributed by atoms with Crippen LogP contribution in [0.3, 0.4) is 0 Å². The molecule has 5 nitrogen and oxygen atoms in total. The number of rotatable bonds is 1. The molecular formula is C12H13ClN2O3S. The molecule has 2 aliphatic heterocycles. The first-order chi connectivity index (χ1) is 8.94. The summed E-state index contributed by atoms with van der Waals surface area (Å²) < 4.78 is 23.2. The predicted octanol–water partition coefficient (Wildman–Crippen LogP) is 1.29. The fraction of sp³-hybridized carbons (Fsp3) is 0.417. The average molecular weight is 301 g/mol. The van der Waals surface area contributed by atoms with Gasteiger partial charge >= 0.3 is 0 Å². The van der Waals surface area contributed by atoms with E-state index < -0.39 is 9.84 Å². The number of hydrogen-bond donors (Lipinski definition) is 1. The molecule has 3 rings (SSSR count). The smallest absolute Gasteiger partial charge is 0.243 e. The molecule has 1 amide bonds. The summed E-state index contributed by atoms with van der Waals surface area (Å²) in [6.45, 7) is 0.189. The standard InChI is InChI=1S/C12H13ClN2O3S/c13-8-1-2-11-10(5-8)14-12(16)6-15(11)9-3-4-19(17,18)7-9/h1-2,5,9H,3-4,6-7H2,(H,14,16). The Morgan fingerprint density at radius 1 is 1.37 bits per heavy atom. The third-order valence-corrected chi connectivity index (χ3v) is 5.49. The van der Waals surface area contributed by atoms with Gasteiger partial charge in [-0.25, -0.2) is 8.42 Å². The maximum atomic E-state index is 11.7. The van der Waals surface area contributed by atoms with E-state index in [1.54, 1.807) is 12.1 Å². The van der Waals surface area contributed by atoms with Crippen LogP contribution in [0.5, 0.6) is 0 Å². The Balaban J connectivity index is 1.98. The molecule has 1 fully saturated rings. The maximum absolute atomic E-state index is 11.7. The highest BCUT2D eigenvalue weighted by Gasteiger charge is 2.35. The number of fused-ring (bicyclic) bond motifs is 1. The topological polar surface area (TPSA) is 66.5 Å². The van der Waals surface area contributed by atoms with Gasteiger partial charge in [-0.2, -0.15) is 0 Å². The molecule has 102 valence electrons. The predicted molar refractivity (Wildman–Crippen MR) is 74.5 cm³/mol. The van der Waals surface area contributed by atoms with Gasteiger partial charge in [-0.1, -0.05) is 11.6 Å². The molecule has 0 spiro atoms. The Labute approximate surface area is 116 Å². The summed E-state index contributed by atoms with van der Waals surface area (Å²) in [6, 6.07) is 5.12. The SMILES string of the molecule is O=C1CN(C2CCS(=O)(=O)C2)c2ccc(Cl)cc2N1. The van der Waals surface area contributed by atoms with Crippen molar-refractivity contribution in [1.82, 2.24) is 0 Å². The number of carbonyl (C=O) groups excluding carboxylic acids is 1. The molecule has 0 bridgehead atoms. The van der Waals surface area contributed by atoms with Crippen LogP contribution in [0.25, 0.3) is 0 Å². The molecule has 1 atom stereocenters. The molecule has 2 heterocycles. The van der Waals surface area contributed by atoms with E-state index in [2.05, 4.69) is 5.32 Å². The van der Waals surface area contributed by atoms with E-state index in [1.165, 1.54) is 0 Å². The van der Waals surface area contributed by atoms with Gasteiger partial charge in [-0.3, -0.25) is 4.79 Å². The molecular weight excluding hydrogens is 288 g/mol. The lowest BCUT2D eigenvalue weighted by molar-refractivity contribution is -0.115.